The third-order valence-corrected chi connectivity index (χ3v) is 6.15. The van der Waals surface area contributed by atoms with E-state index in [4.69, 9.17) is 4.42 Å². The smallest absolute Gasteiger partial charge is 0.142 e. The first kappa shape index (κ1) is 18.9. The van der Waals surface area contributed by atoms with Crippen LogP contribution in [0.15, 0.2) is 120 Å². The Morgan fingerprint density at radius 1 is 0.467 bits per heavy atom. The second-order valence-corrected chi connectivity index (χ2v) is 8.30. The Hall–Kier alpha value is -3.11. The maximum Gasteiger partial charge on any atom is 0.142 e. The van der Waals surface area contributed by atoms with Crippen LogP contribution in [-0.2, 0) is 0 Å². The summed E-state index contributed by atoms with van der Waals surface area (Å²) < 4.78 is 7.61. The molecular weight excluding hydrogens is 479 g/mol. The van der Waals surface area contributed by atoms with Gasteiger partial charge in [0.05, 0.1) is 0 Å². The topological polar surface area (TPSA) is 13.1 Å². The van der Waals surface area contributed by atoms with Gasteiger partial charge in [0, 0.05) is 20.3 Å². The Morgan fingerprint density at radius 2 is 1.00 bits per heavy atom. The molecular formula is C28H19IO. The summed E-state index contributed by atoms with van der Waals surface area (Å²) in [4.78, 5) is 0. The first-order chi connectivity index (χ1) is 14.8. The average molecular weight is 498 g/mol. The van der Waals surface area contributed by atoms with E-state index in [1.165, 1.54) is 14.7 Å². The van der Waals surface area contributed by atoms with Gasteiger partial charge in [0.15, 0.2) is 0 Å². The zero-order valence-corrected chi connectivity index (χ0v) is 18.4. The van der Waals surface area contributed by atoms with Crippen LogP contribution >= 0.6 is 22.6 Å². The fraction of sp³-hybridized carbons (Fsp3) is 0. The van der Waals surface area contributed by atoms with E-state index in [0.717, 1.165) is 33.8 Å². The first-order valence-electron chi connectivity index (χ1n) is 9.89. The summed E-state index contributed by atoms with van der Waals surface area (Å²) >= 11 is 2.37. The minimum atomic E-state index is 0.890. The normalized spacial score (nSPS) is 10.8. The van der Waals surface area contributed by atoms with Crippen LogP contribution in [0, 0.1) is 3.57 Å². The lowest BCUT2D eigenvalue weighted by Gasteiger charge is -2.06. The molecule has 2 heteroatoms. The quantitative estimate of drug-likeness (QED) is 0.226. The van der Waals surface area contributed by atoms with Gasteiger partial charge in [0.25, 0.3) is 0 Å². The number of benzene rings is 4. The van der Waals surface area contributed by atoms with Crippen molar-refractivity contribution in [3.63, 3.8) is 0 Å². The zero-order chi connectivity index (χ0) is 20.3. The summed E-state index contributed by atoms with van der Waals surface area (Å²) in [6.07, 6.45) is 0. The number of hydrogen-bond acceptors (Lipinski definition) is 1. The Labute approximate surface area is 190 Å². The van der Waals surface area contributed by atoms with Gasteiger partial charge in [0.2, 0.25) is 0 Å². The minimum absolute atomic E-state index is 0.890. The minimum Gasteiger partial charge on any atom is -0.455 e. The van der Waals surface area contributed by atoms with E-state index in [9.17, 15) is 0 Å². The van der Waals surface area contributed by atoms with Gasteiger partial charge in [-0.25, -0.2) is 0 Å². The van der Waals surface area contributed by atoms with Gasteiger partial charge < -0.3 is 4.42 Å². The highest BCUT2D eigenvalue weighted by Gasteiger charge is 2.17. The monoisotopic (exact) mass is 498 g/mol. The van der Waals surface area contributed by atoms with Crippen LogP contribution in [0.1, 0.15) is 0 Å². The fourth-order valence-electron chi connectivity index (χ4n) is 3.68. The fourth-order valence-corrected chi connectivity index (χ4v) is 4.33. The van der Waals surface area contributed by atoms with Crippen LogP contribution in [0.2, 0.25) is 0 Å². The van der Waals surface area contributed by atoms with E-state index in [2.05, 4.69) is 114 Å². The van der Waals surface area contributed by atoms with E-state index in [1.807, 2.05) is 24.3 Å². The van der Waals surface area contributed by atoms with E-state index < -0.39 is 0 Å². The van der Waals surface area contributed by atoms with Crippen molar-refractivity contribution in [2.45, 2.75) is 0 Å². The summed E-state index contributed by atoms with van der Waals surface area (Å²) in [6, 6.07) is 40.0. The maximum atomic E-state index is 6.43. The maximum absolute atomic E-state index is 6.43. The number of hydrogen-bond donors (Lipinski definition) is 0. The molecule has 5 rings (SSSR count). The van der Waals surface area contributed by atoms with Crippen molar-refractivity contribution in [3.05, 3.63) is 119 Å². The molecule has 30 heavy (non-hydrogen) atoms. The van der Waals surface area contributed by atoms with Crippen LogP contribution in [0.3, 0.4) is 0 Å². The summed E-state index contributed by atoms with van der Waals surface area (Å²) in [7, 11) is 0. The van der Waals surface area contributed by atoms with Gasteiger partial charge in [-0.05, 0) is 51.4 Å². The molecule has 0 aliphatic heterocycles. The summed E-state index contributed by atoms with van der Waals surface area (Å²) in [6.45, 7) is 0. The molecule has 1 aromatic heterocycles. The lowest BCUT2D eigenvalue weighted by molar-refractivity contribution is 0.597. The van der Waals surface area contributed by atoms with Crippen LogP contribution in [-0.4, -0.2) is 0 Å². The first-order valence-corrected chi connectivity index (χ1v) is 11.0. The molecule has 0 atom stereocenters. The van der Waals surface area contributed by atoms with Gasteiger partial charge in [0.1, 0.15) is 11.5 Å². The molecule has 0 unspecified atom stereocenters. The third kappa shape index (κ3) is 3.71. The lowest BCUT2D eigenvalue weighted by atomic mass is 9.98. The molecule has 1 heterocycles. The summed E-state index contributed by atoms with van der Waals surface area (Å²) in [5, 5.41) is 0. The predicted molar refractivity (Wildman–Crippen MR) is 133 cm³/mol. The Balaban J connectivity index is 1.63. The molecule has 1 nitrogen and oxygen atoms in total. The van der Waals surface area contributed by atoms with Crippen molar-refractivity contribution in [3.8, 4) is 44.9 Å². The van der Waals surface area contributed by atoms with Gasteiger partial charge >= 0.3 is 0 Å². The Bertz CT molecular complexity index is 1270. The van der Waals surface area contributed by atoms with Gasteiger partial charge in [-0.2, -0.15) is 0 Å². The largest absolute Gasteiger partial charge is 0.455 e. The summed E-state index contributed by atoms with van der Waals surface area (Å²) in [5.41, 5.74) is 6.88. The van der Waals surface area contributed by atoms with Crippen molar-refractivity contribution >= 4 is 22.6 Å². The molecule has 0 radical (unpaired) electrons. The molecule has 0 fully saturated rings. The number of rotatable bonds is 4. The van der Waals surface area contributed by atoms with E-state index in [1.54, 1.807) is 0 Å². The molecule has 4 aromatic carbocycles. The van der Waals surface area contributed by atoms with E-state index in [0.29, 0.717) is 0 Å². The number of halogens is 1. The van der Waals surface area contributed by atoms with Gasteiger partial charge in [-0.1, -0.05) is 103 Å². The van der Waals surface area contributed by atoms with Gasteiger partial charge in [-0.15, -0.1) is 0 Å². The molecule has 144 valence electrons. The van der Waals surface area contributed by atoms with Crippen molar-refractivity contribution in [1.82, 2.24) is 0 Å². The van der Waals surface area contributed by atoms with Crippen LogP contribution < -0.4 is 0 Å². The molecule has 0 saturated carbocycles. The summed E-state index contributed by atoms with van der Waals surface area (Å²) in [5.74, 6) is 1.79. The highest BCUT2D eigenvalue weighted by atomic mass is 127. The van der Waals surface area contributed by atoms with Crippen molar-refractivity contribution in [1.29, 1.82) is 0 Å². The molecule has 0 aliphatic rings. The standard InChI is InChI=1S/C28H19IO/c29-26-14-8-7-13-24(26)27-19-25(28(30-27)23-11-5-2-6-12-23)22-17-15-21(16-18-22)20-9-3-1-4-10-20/h1-19H. The molecule has 0 bridgehead atoms. The molecule has 5 aromatic rings. The van der Waals surface area contributed by atoms with E-state index >= 15 is 0 Å². The highest BCUT2D eigenvalue weighted by molar-refractivity contribution is 14.1. The van der Waals surface area contributed by atoms with Crippen molar-refractivity contribution < 1.29 is 4.42 Å². The second-order valence-electron chi connectivity index (χ2n) is 7.14. The molecule has 0 saturated heterocycles. The van der Waals surface area contributed by atoms with Crippen molar-refractivity contribution in [2.24, 2.45) is 0 Å². The molecule has 0 aliphatic carbocycles. The predicted octanol–water partition coefficient (Wildman–Crippen LogP) is 8.55. The van der Waals surface area contributed by atoms with Crippen LogP contribution in [0.4, 0.5) is 0 Å². The molecule has 0 spiro atoms. The highest BCUT2D eigenvalue weighted by Crippen LogP contribution is 2.40. The molecule has 0 amide bonds. The SMILES string of the molecule is Ic1ccccc1-c1cc(-c2ccc(-c3ccccc3)cc2)c(-c2ccccc2)o1. The lowest BCUT2D eigenvalue weighted by Crippen LogP contribution is -1.81. The molecule has 0 N–H and O–H groups in total. The average Bonchev–Trinajstić information content (AvgIpc) is 3.26. The third-order valence-electron chi connectivity index (χ3n) is 5.21. The van der Waals surface area contributed by atoms with Crippen molar-refractivity contribution in [2.75, 3.05) is 0 Å². The number of furan rings is 1. The Morgan fingerprint density at radius 3 is 1.67 bits per heavy atom. The zero-order valence-electron chi connectivity index (χ0n) is 16.3. The van der Waals surface area contributed by atoms with Crippen LogP contribution in [0.25, 0.3) is 44.9 Å². The van der Waals surface area contributed by atoms with Gasteiger partial charge in [-0.3, -0.25) is 0 Å². The second kappa shape index (κ2) is 8.33. The Kier molecular flexibility index (Phi) is 5.24. The van der Waals surface area contributed by atoms with E-state index in [-0.39, 0.29) is 0 Å². The van der Waals surface area contributed by atoms with Crippen LogP contribution in [0.5, 0.6) is 0 Å².